The standard InChI is InChI=1S/C3H9NO4P/c1-7-9(6)8-4-2-3-5/h4-5H,2-3H2,1H3/q+1. The molecule has 0 aliphatic carbocycles. The Morgan fingerprint density at radius 1 is 1.78 bits per heavy atom. The maximum absolute atomic E-state index is 10.2. The number of hydroxylamine groups is 1. The molecule has 0 aromatic heterocycles. The van der Waals surface area contributed by atoms with Crippen molar-refractivity contribution in [2.45, 2.75) is 0 Å². The van der Waals surface area contributed by atoms with E-state index in [0.29, 0.717) is 0 Å². The summed E-state index contributed by atoms with van der Waals surface area (Å²) in [6.07, 6.45) is 0. The Balaban J connectivity index is 2.97. The molecule has 0 heterocycles. The minimum atomic E-state index is -2.06. The van der Waals surface area contributed by atoms with E-state index >= 15 is 0 Å². The molecular formula is C3H9NO4P+. The summed E-state index contributed by atoms with van der Waals surface area (Å²) in [6, 6.07) is 0. The molecule has 1 atom stereocenters. The molecule has 0 radical (unpaired) electrons. The molecular weight excluding hydrogens is 145 g/mol. The van der Waals surface area contributed by atoms with Crippen molar-refractivity contribution in [3.63, 3.8) is 0 Å². The fraction of sp³-hybridized carbons (Fsp3) is 1.00. The van der Waals surface area contributed by atoms with E-state index in [0.717, 1.165) is 0 Å². The second-order valence-corrected chi connectivity index (χ2v) is 2.11. The highest BCUT2D eigenvalue weighted by Crippen LogP contribution is 2.18. The molecule has 0 rings (SSSR count). The average Bonchev–Trinajstić information content (AvgIpc) is 1.89. The van der Waals surface area contributed by atoms with Crippen LogP contribution in [0.1, 0.15) is 0 Å². The van der Waals surface area contributed by atoms with E-state index in [1.807, 2.05) is 0 Å². The molecule has 0 fully saturated rings. The van der Waals surface area contributed by atoms with Gasteiger partial charge in [-0.25, -0.2) is 0 Å². The third-order valence-corrected chi connectivity index (χ3v) is 1.08. The van der Waals surface area contributed by atoms with Gasteiger partial charge in [-0.05, 0) is 4.62 Å². The van der Waals surface area contributed by atoms with Gasteiger partial charge in [-0.1, -0.05) is 0 Å². The topological polar surface area (TPSA) is 67.8 Å². The summed E-state index contributed by atoms with van der Waals surface area (Å²) < 4.78 is 18.8. The van der Waals surface area contributed by atoms with Crippen molar-refractivity contribution >= 4 is 8.25 Å². The van der Waals surface area contributed by atoms with Crippen LogP contribution in [0, 0.1) is 0 Å². The molecule has 0 aliphatic rings. The van der Waals surface area contributed by atoms with Gasteiger partial charge < -0.3 is 5.11 Å². The third kappa shape index (κ3) is 5.82. The fourth-order valence-electron chi connectivity index (χ4n) is 0.181. The Bertz CT molecular complexity index is 87.9. The first-order valence-electron chi connectivity index (χ1n) is 2.33. The molecule has 0 amide bonds. The molecule has 0 bridgehead atoms. The van der Waals surface area contributed by atoms with Crippen molar-refractivity contribution in [2.24, 2.45) is 0 Å². The van der Waals surface area contributed by atoms with Crippen molar-refractivity contribution < 1.29 is 18.8 Å². The normalized spacial score (nSPS) is 11.6. The molecule has 0 aliphatic heterocycles. The smallest absolute Gasteiger partial charge is 0.395 e. The van der Waals surface area contributed by atoms with Gasteiger partial charge in [0, 0.05) is 11.1 Å². The van der Waals surface area contributed by atoms with Crippen LogP contribution in [0.5, 0.6) is 0 Å². The summed E-state index contributed by atoms with van der Waals surface area (Å²) in [4.78, 5) is 0. The van der Waals surface area contributed by atoms with Gasteiger partial charge in [0.2, 0.25) is 0 Å². The van der Waals surface area contributed by atoms with E-state index in [9.17, 15) is 4.57 Å². The Morgan fingerprint density at radius 2 is 2.44 bits per heavy atom. The molecule has 0 saturated heterocycles. The summed E-state index contributed by atoms with van der Waals surface area (Å²) in [6.45, 7) is 0.178. The predicted molar refractivity (Wildman–Crippen MR) is 30.8 cm³/mol. The SMILES string of the molecule is CO[P+](=O)ONCCO. The van der Waals surface area contributed by atoms with Crippen LogP contribution in [-0.2, 0) is 13.7 Å². The fourth-order valence-corrected chi connectivity index (χ4v) is 0.452. The first-order chi connectivity index (χ1) is 4.31. The lowest BCUT2D eigenvalue weighted by Gasteiger charge is -1.87. The Morgan fingerprint density at radius 3 is 2.89 bits per heavy atom. The monoisotopic (exact) mass is 154 g/mol. The van der Waals surface area contributed by atoms with Crippen LogP contribution < -0.4 is 5.48 Å². The lowest BCUT2D eigenvalue weighted by Crippen LogP contribution is -2.14. The molecule has 0 spiro atoms. The van der Waals surface area contributed by atoms with Crippen molar-refractivity contribution in [2.75, 3.05) is 20.3 Å². The average molecular weight is 154 g/mol. The number of rotatable bonds is 5. The minimum Gasteiger partial charge on any atom is -0.395 e. The Kier molecular flexibility index (Phi) is 6.03. The second kappa shape index (κ2) is 6.07. The predicted octanol–water partition coefficient (Wildman–Crippen LogP) is -0.196. The van der Waals surface area contributed by atoms with Crippen molar-refractivity contribution in [3.05, 3.63) is 0 Å². The molecule has 0 saturated carbocycles. The maximum Gasteiger partial charge on any atom is 0.716 e. The van der Waals surface area contributed by atoms with E-state index < -0.39 is 8.25 Å². The van der Waals surface area contributed by atoms with Gasteiger partial charge in [0.1, 0.15) is 0 Å². The third-order valence-electron chi connectivity index (χ3n) is 0.502. The Labute approximate surface area is 53.9 Å². The highest BCUT2D eigenvalue weighted by molar-refractivity contribution is 7.33. The quantitative estimate of drug-likeness (QED) is 0.326. The highest BCUT2D eigenvalue weighted by Gasteiger charge is 2.15. The van der Waals surface area contributed by atoms with Gasteiger partial charge in [0.25, 0.3) is 0 Å². The number of nitrogens with one attached hydrogen (secondary N) is 1. The largest absolute Gasteiger partial charge is 0.716 e. The van der Waals surface area contributed by atoms with E-state index in [4.69, 9.17) is 5.11 Å². The van der Waals surface area contributed by atoms with Gasteiger partial charge in [-0.3, -0.25) is 0 Å². The summed E-state index contributed by atoms with van der Waals surface area (Å²) >= 11 is 0. The first kappa shape index (κ1) is 8.94. The van der Waals surface area contributed by atoms with E-state index in [1.165, 1.54) is 7.11 Å². The molecule has 9 heavy (non-hydrogen) atoms. The molecule has 6 heteroatoms. The first-order valence-corrected chi connectivity index (χ1v) is 3.43. The van der Waals surface area contributed by atoms with Crippen molar-refractivity contribution in [1.29, 1.82) is 0 Å². The number of hydrogen-bond donors (Lipinski definition) is 2. The zero-order valence-electron chi connectivity index (χ0n) is 5.03. The molecule has 0 aromatic rings. The van der Waals surface area contributed by atoms with Crippen LogP contribution in [0.3, 0.4) is 0 Å². The molecule has 0 aromatic carbocycles. The zero-order valence-corrected chi connectivity index (χ0v) is 5.93. The number of aliphatic hydroxyl groups excluding tert-OH is 1. The van der Waals surface area contributed by atoms with E-state index in [1.54, 1.807) is 0 Å². The lowest BCUT2D eigenvalue weighted by atomic mass is 10.8. The zero-order chi connectivity index (χ0) is 7.11. The molecule has 1 unspecified atom stereocenters. The second-order valence-electron chi connectivity index (χ2n) is 1.12. The van der Waals surface area contributed by atoms with E-state index in [2.05, 4.69) is 14.6 Å². The Hall–Kier alpha value is -0.0600. The van der Waals surface area contributed by atoms with Crippen molar-refractivity contribution in [1.82, 2.24) is 5.48 Å². The van der Waals surface area contributed by atoms with Crippen LogP contribution in [0.2, 0.25) is 0 Å². The van der Waals surface area contributed by atoms with Crippen molar-refractivity contribution in [3.8, 4) is 0 Å². The maximum atomic E-state index is 10.2. The lowest BCUT2D eigenvalue weighted by molar-refractivity contribution is 0.147. The van der Waals surface area contributed by atoms with Crippen LogP contribution in [-0.4, -0.2) is 25.4 Å². The van der Waals surface area contributed by atoms with Crippen LogP contribution >= 0.6 is 8.25 Å². The summed E-state index contributed by atoms with van der Waals surface area (Å²) in [5.41, 5.74) is 2.23. The summed E-state index contributed by atoms with van der Waals surface area (Å²) in [5.74, 6) is 0. The molecule has 2 N–H and O–H groups in total. The van der Waals surface area contributed by atoms with E-state index in [-0.39, 0.29) is 13.2 Å². The van der Waals surface area contributed by atoms with Gasteiger partial charge in [-0.2, -0.15) is 0 Å². The molecule has 5 nitrogen and oxygen atoms in total. The van der Waals surface area contributed by atoms with Crippen LogP contribution in [0.4, 0.5) is 0 Å². The minimum absolute atomic E-state index is 0.0626. The van der Waals surface area contributed by atoms with Crippen LogP contribution in [0.25, 0.3) is 0 Å². The molecule has 54 valence electrons. The highest BCUT2D eigenvalue weighted by atomic mass is 31.1. The number of hydrogen-bond acceptors (Lipinski definition) is 5. The van der Waals surface area contributed by atoms with Crippen LogP contribution in [0.15, 0.2) is 0 Å². The van der Waals surface area contributed by atoms with Gasteiger partial charge >= 0.3 is 8.25 Å². The summed E-state index contributed by atoms with van der Waals surface area (Å²) in [7, 11) is -0.799. The van der Waals surface area contributed by atoms with Gasteiger partial charge in [0.15, 0.2) is 0 Å². The summed E-state index contributed by atoms with van der Waals surface area (Å²) in [5, 5.41) is 8.17. The van der Waals surface area contributed by atoms with Gasteiger partial charge in [0.05, 0.1) is 13.7 Å². The van der Waals surface area contributed by atoms with Gasteiger partial charge in [-0.15, -0.1) is 10.0 Å². The number of aliphatic hydroxyl groups is 1.